The first-order valence-corrected chi connectivity index (χ1v) is 12.2. The molecule has 9 nitrogen and oxygen atoms in total. The normalized spacial score (nSPS) is 19.7. The number of nitrogens with zero attached hydrogens (tertiary/aromatic N) is 4. The SMILES string of the molecule is Cc1cc(C(=O)NC(C)C(=O)N2CCS(=O)(=O)CC2)c2nc3n(c2n1)CCCCC3. The van der Waals surface area contributed by atoms with Gasteiger partial charge in [0.25, 0.3) is 5.91 Å². The molecule has 0 bridgehead atoms. The predicted octanol–water partition coefficient (Wildman–Crippen LogP) is 0.841. The van der Waals surface area contributed by atoms with Crippen molar-refractivity contribution in [3.63, 3.8) is 0 Å². The molecule has 2 aromatic heterocycles. The van der Waals surface area contributed by atoms with E-state index in [-0.39, 0.29) is 36.4 Å². The second-order valence-electron chi connectivity index (χ2n) is 8.15. The number of carbonyl (C=O) groups is 2. The number of carbonyl (C=O) groups excluding carboxylic acids is 2. The van der Waals surface area contributed by atoms with E-state index in [0.29, 0.717) is 11.1 Å². The van der Waals surface area contributed by atoms with Crippen LogP contribution in [0, 0.1) is 6.92 Å². The van der Waals surface area contributed by atoms with Gasteiger partial charge in [-0.2, -0.15) is 0 Å². The highest BCUT2D eigenvalue weighted by Crippen LogP contribution is 2.24. The van der Waals surface area contributed by atoms with Crippen LogP contribution in [0.5, 0.6) is 0 Å². The van der Waals surface area contributed by atoms with Gasteiger partial charge in [-0.15, -0.1) is 0 Å². The number of hydrogen-bond acceptors (Lipinski definition) is 6. The van der Waals surface area contributed by atoms with Crippen LogP contribution in [0.2, 0.25) is 0 Å². The Morgan fingerprint density at radius 2 is 1.83 bits per heavy atom. The summed E-state index contributed by atoms with van der Waals surface area (Å²) in [6.07, 6.45) is 4.15. The van der Waals surface area contributed by atoms with E-state index in [2.05, 4.69) is 14.9 Å². The van der Waals surface area contributed by atoms with E-state index in [9.17, 15) is 18.0 Å². The predicted molar refractivity (Wildman–Crippen MR) is 112 cm³/mol. The van der Waals surface area contributed by atoms with Gasteiger partial charge in [-0.3, -0.25) is 9.59 Å². The zero-order valence-corrected chi connectivity index (χ0v) is 18.2. The molecule has 1 saturated heterocycles. The number of fused-ring (bicyclic) bond motifs is 3. The minimum atomic E-state index is -3.07. The van der Waals surface area contributed by atoms with Crippen molar-refractivity contribution in [2.75, 3.05) is 24.6 Å². The number of aryl methyl sites for hydroxylation is 3. The van der Waals surface area contributed by atoms with Crippen LogP contribution < -0.4 is 5.32 Å². The Kier molecular flexibility index (Phi) is 5.52. The van der Waals surface area contributed by atoms with Crippen LogP contribution in [0.3, 0.4) is 0 Å². The third-order valence-electron chi connectivity index (χ3n) is 5.81. The number of amides is 2. The van der Waals surface area contributed by atoms with Crippen molar-refractivity contribution in [2.24, 2.45) is 0 Å². The van der Waals surface area contributed by atoms with Crippen LogP contribution in [0.25, 0.3) is 11.2 Å². The van der Waals surface area contributed by atoms with Crippen LogP contribution in [0.4, 0.5) is 0 Å². The summed E-state index contributed by atoms with van der Waals surface area (Å²) in [7, 11) is -3.07. The standard InChI is InChI=1S/C20H27N5O4S/c1-13-12-15(17-18(21-13)25-7-5-3-4-6-16(25)23-17)19(26)22-14(2)20(27)24-8-10-30(28,29)11-9-24/h12,14H,3-11H2,1-2H3,(H,22,26). The molecule has 0 aliphatic carbocycles. The lowest BCUT2D eigenvalue weighted by atomic mass is 10.1. The second-order valence-corrected chi connectivity index (χ2v) is 10.4. The van der Waals surface area contributed by atoms with E-state index in [4.69, 9.17) is 4.98 Å². The van der Waals surface area contributed by atoms with Crippen molar-refractivity contribution in [3.8, 4) is 0 Å². The monoisotopic (exact) mass is 433 g/mol. The third kappa shape index (κ3) is 4.05. The highest BCUT2D eigenvalue weighted by Gasteiger charge is 2.29. The number of imidazole rings is 1. The Balaban J connectivity index is 1.55. The van der Waals surface area contributed by atoms with E-state index in [1.54, 1.807) is 13.0 Å². The molecule has 2 aliphatic rings. The summed E-state index contributed by atoms with van der Waals surface area (Å²) in [5.41, 5.74) is 2.43. The van der Waals surface area contributed by atoms with Crippen LogP contribution in [0.1, 0.15) is 48.1 Å². The molecule has 162 valence electrons. The number of nitrogens with one attached hydrogen (secondary N) is 1. The summed E-state index contributed by atoms with van der Waals surface area (Å²) in [6, 6.07) is 0.942. The van der Waals surface area contributed by atoms with Gasteiger partial charge in [0, 0.05) is 31.7 Å². The van der Waals surface area contributed by atoms with Crippen LogP contribution in [0.15, 0.2) is 6.07 Å². The minimum absolute atomic E-state index is 0.0379. The molecule has 30 heavy (non-hydrogen) atoms. The summed E-state index contributed by atoms with van der Waals surface area (Å²) >= 11 is 0. The van der Waals surface area contributed by atoms with E-state index in [1.165, 1.54) is 4.90 Å². The summed E-state index contributed by atoms with van der Waals surface area (Å²) in [5.74, 6) is 0.228. The lowest BCUT2D eigenvalue weighted by Gasteiger charge is -2.29. The number of sulfone groups is 1. The Morgan fingerprint density at radius 1 is 1.10 bits per heavy atom. The third-order valence-corrected chi connectivity index (χ3v) is 7.42. The number of pyridine rings is 1. The summed E-state index contributed by atoms with van der Waals surface area (Å²) in [4.78, 5) is 36.6. The average molecular weight is 434 g/mol. The molecule has 4 rings (SSSR count). The number of rotatable bonds is 3. The molecule has 0 spiro atoms. The van der Waals surface area contributed by atoms with Gasteiger partial charge in [0.1, 0.15) is 17.4 Å². The molecule has 0 saturated carbocycles. The fraction of sp³-hybridized carbons (Fsp3) is 0.600. The topological polar surface area (TPSA) is 114 Å². The van der Waals surface area contributed by atoms with Gasteiger partial charge in [-0.05, 0) is 32.8 Å². The maximum absolute atomic E-state index is 13.0. The lowest BCUT2D eigenvalue weighted by Crippen LogP contribution is -2.51. The van der Waals surface area contributed by atoms with Crippen molar-refractivity contribution < 1.29 is 18.0 Å². The lowest BCUT2D eigenvalue weighted by molar-refractivity contribution is -0.132. The summed E-state index contributed by atoms with van der Waals surface area (Å²) in [6.45, 7) is 4.63. The van der Waals surface area contributed by atoms with E-state index < -0.39 is 15.9 Å². The maximum atomic E-state index is 13.0. The van der Waals surface area contributed by atoms with Crippen molar-refractivity contribution in [1.29, 1.82) is 0 Å². The van der Waals surface area contributed by atoms with Crippen LogP contribution in [-0.2, 0) is 27.6 Å². The first kappa shape index (κ1) is 20.8. The van der Waals surface area contributed by atoms with Crippen molar-refractivity contribution in [2.45, 2.75) is 52.1 Å². The van der Waals surface area contributed by atoms with E-state index in [0.717, 1.165) is 49.4 Å². The zero-order valence-electron chi connectivity index (χ0n) is 17.3. The fourth-order valence-electron chi connectivity index (χ4n) is 4.13. The van der Waals surface area contributed by atoms with Crippen LogP contribution in [-0.4, -0.2) is 70.3 Å². The van der Waals surface area contributed by atoms with Gasteiger partial charge >= 0.3 is 0 Å². The molecule has 1 fully saturated rings. The van der Waals surface area contributed by atoms with Crippen LogP contribution >= 0.6 is 0 Å². The molecule has 4 heterocycles. The molecule has 1 atom stereocenters. The van der Waals surface area contributed by atoms with Crippen molar-refractivity contribution >= 4 is 32.8 Å². The smallest absolute Gasteiger partial charge is 0.254 e. The van der Waals surface area contributed by atoms with Gasteiger partial charge in [0.15, 0.2) is 15.5 Å². The minimum Gasteiger partial charge on any atom is -0.340 e. The largest absolute Gasteiger partial charge is 0.340 e. The molecule has 2 amide bonds. The van der Waals surface area contributed by atoms with Gasteiger partial charge in [0.2, 0.25) is 5.91 Å². The van der Waals surface area contributed by atoms with Gasteiger partial charge < -0.3 is 14.8 Å². The molecule has 1 N–H and O–H groups in total. The molecular formula is C20H27N5O4S. The van der Waals surface area contributed by atoms with Crippen molar-refractivity contribution in [1.82, 2.24) is 24.8 Å². The first-order chi connectivity index (χ1) is 14.2. The second kappa shape index (κ2) is 7.98. The molecule has 10 heteroatoms. The molecule has 2 aromatic rings. The molecule has 0 aromatic carbocycles. The van der Waals surface area contributed by atoms with E-state index in [1.807, 2.05) is 6.92 Å². The summed E-state index contributed by atoms with van der Waals surface area (Å²) in [5, 5.41) is 2.77. The molecule has 0 radical (unpaired) electrons. The Morgan fingerprint density at radius 3 is 2.57 bits per heavy atom. The number of aromatic nitrogens is 3. The molecule has 1 unspecified atom stereocenters. The molecular weight excluding hydrogens is 406 g/mol. The van der Waals surface area contributed by atoms with Gasteiger partial charge in [0.05, 0.1) is 17.1 Å². The average Bonchev–Trinajstić information content (AvgIpc) is 2.87. The highest BCUT2D eigenvalue weighted by molar-refractivity contribution is 7.91. The van der Waals surface area contributed by atoms with Crippen molar-refractivity contribution in [3.05, 3.63) is 23.1 Å². The fourth-order valence-corrected chi connectivity index (χ4v) is 5.33. The Bertz CT molecular complexity index is 1090. The summed E-state index contributed by atoms with van der Waals surface area (Å²) < 4.78 is 25.3. The van der Waals surface area contributed by atoms with E-state index >= 15 is 0 Å². The highest BCUT2D eigenvalue weighted by atomic mass is 32.2. The first-order valence-electron chi connectivity index (χ1n) is 10.4. The Hall–Kier alpha value is -2.49. The Labute approximate surface area is 175 Å². The van der Waals surface area contributed by atoms with Gasteiger partial charge in [-0.25, -0.2) is 18.4 Å². The van der Waals surface area contributed by atoms with Gasteiger partial charge in [-0.1, -0.05) is 6.42 Å². The number of hydrogen-bond donors (Lipinski definition) is 1. The zero-order chi connectivity index (χ0) is 21.5. The molecule has 2 aliphatic heterocycles. The quantitative estimate of drug-likeness (QED) is 0.767. The maximum Gasteiger partial charge on any atom is 0.254 e.